The average Bonchev–Trinajstić information content (AvgIpc) is 2.57. The van der Waals surface area contributed by atoms with E-state index >= 15 is 0 Å². The minimum absolute atomic E-state index is 0.0435. The van der Waals surface area contributed by atoms with Gasteiger partial charge in [-0.15, -0.1) is 0 Å². The molecule has 0 aliphatic rings. The number of aryl methyl sites for hydroxylation is 1. The van der Waals surface area contributed by atoms with Crippen molar-refractivity contribution in [1.82, 2.24) is 19.8 Å². The van der Waals surface area contributed by atoms with Crippen LogP contribution in [-0.2, 0) is 18.9 Å². The fourth-order valence-electron chi connectivity index (χ4n) is 1.65. The summed E-state index contributed by atoms with van der Waals surface area (Å²) < 4.78 is 2.94. The van der Waals surface area contributed by atoms with Gasteiger partial charge in [-0.1, -0.05) is 39.8 Å². The van der Waals surface area contributed by atoms with Crippen molar-refractivity contribution in [2.24, 2.45) is 19.2 Å². The topological polar surface area (TPSA) is 98.3 Å². The third-order valence-electron chi connectivity index (χ3n) is 2.91. The monoisotopic (exact) mass is 411 g/mol. The zero-order chi connectivity index (χ0) is 17.7. The van der Waals surface area contributed by atoms with Crippen molar-refractivity contribution in [3.63, 3.8) is 0 Å². The Hall–Kier alpha value is -2.20. The third-order valence-corrected chi connectivity index (χ3v) is 4.37. The molecule has 2 aromatic rings. The molecule has 10 heteroatoms. The number of thioether (sulfide) groups is 1. The summed E-state index contributed by atoms with van der Waals surface area (Å²) in [5.41, 5.74) is 2.15. The molecule has 0 saturated carbocycles. The summed E-state index contributed by atoms with van der Waals surface area (Å²) >= 11 is 4.27. The zero-order valence-corrected chi connectivity index (χ0v) is 15.3. The number of hydrogen-bond donors (Lipinski definition) is 1. The number of benzene rings is 1. The van der Waals surface area contributed by atoms with Gasteiger partial charge < -0.3 is 0 Å². The number of hydrazone groups is 1. The van der Waals surface area contributed by atoms with Crippen LogP contribution in [0.5, 0.6) is 0 Å². The van der Waals surface area contributed by atoms with E-state index < -0.39 is 11.2 Å². The number of carbonyl (C=O) groups is 1. The Morgan fingerprint density at radius 2 is 2.00 bits per heavy atom. The molecule has 1 amide bonds. The standard InChI is InChI=1S/C14H14BrN5O3S/c1-19-13(22)12(18-20(2)14(19)23)24-8-11(21)17-16-7-9-3-5-10(15)6-4-9/h3-7H,8H2,1-2H3,(H,17,21)/b16-7-. The Labute approximate surface area is 149 Å². The maximum Gasteiger partial charge on any atom is 0.346 e. The Morgan fingerprint density at radius 1 is 1.33 bits per heavy atom. The number of hydrogen-bond acceptors (Lipinski definition) is 6. The molecule has 1 aromatic heterocycles. The molecule has 0 aliphatic carbocycles. The van der Waals surface area contributed by atoms with Crippen LogP contribution >= 0.6 is 27.7 Å². The molecule has 8 nitrogen and oxygen atoms in total. The Balaban J connectivity index is 1.93. The first-order valence-electron chi connectivity index (χ1n) is 6.73. The van der Waals surface area contributed by atoms with Crippen LogP contribution in [0.3, 0.4) is 0 Å². The van der Waals surface area contributed by atoms with E-state index in [9.17, 15) is 14.4 Å². The van der Waals surface area contributed by atoms with E-state index in [-0.39, 0.29) is 16.7 Å². The fourth-order valence-corrected chi connectivity index (χ4v) is 2.69. The summed E-state index contributed by atoms with van der Waals surface area (Å²) in [6.07, 6.45) is 1.51. The molecule has 0 unspecified atom stereocenters. The largest absolute Gasteiger partial charge is 0.346 e. The molecule has 1 heterocycles. The van der Waals surface area contributed by atoms with Crippen LogP contribution in [0.2, 0.25) is 0 Å². The first-order chi connectivity index (χ1) is 11.4. The van der Waals surface area contributed by atoms with E-state index in [0.29, 0.717) is 0 Å². The van der Waals surface area contributed by atoms with Gasteiger partial charge in [-0.05, 0) is 17.7 Å². The Kier molecular flexibility index (Phi) is 6.10. The highest BCUT2D eigenvalue weighted by Crippen LogP contribution is 2.09. The smallest absolute Gasteiger partial charge is 0.272 e. The van der Waals surface area contributed by atoms with E-state index in [1.54, 1.807) is 0 Å². The molecule has 126 valence electrons. The number of rotatable bonds is 5. The van der Waals surface area contributed by atoms with Crippen molar-refractivity contribution in [2.45, 2.75) is 5.03 Å². The molecule has 0 spiro atoms. The van der Waals surface area contributed by atoms with Crippen molar-refractivity contribution >= 4 is 39.8 Å². The van der Waals surface area contributed by atoms with E-state index in [2.05, 4.69) is 31.6 Å². The van der Waals surface area contributed by atoms with Crippen LogP contribution in [0.15, 0.2) is 48.5 Å². The quantitative estimate of drug-likeness (QED) is 0.438. The van der Waals surface area contributed by atoms with Crippen LogP contribution in [-0.4, -0.2) is 32.2 Å². The molecule has 0 atom stereocenters. The molecule has 0 radical (unpaired) electrons. The van der Waals surface area contributed by atoms with Crippen LogP contribution in [0.1, 0.15) is 5.56 Å². The van der Waals surface area contributed by atoms with Gasteiger partial charge in [-0.25, -0.2) is 14.9 Å². The molecule has 0 fully saturated rings. The van der Waals surface area contributed by atoms with Crippen molar-refractivity contribution in [1.29, 1.82) is 0 Å². The normalized spacial score (nSPS) is 11.0. The van der Waals surface area contributed by atoms with Crippen molar-refractivity contribution in [3.8, 4) is 0 Å². The summed E-state index contributed by atoms with van der Waals surface area (Å²) in [4.78, 5) is 35.2. The summed E-state index contributed by atoms with van der Waals surface area (Å²) in [6.45, 7) is 0. The second-order valence-corrected chi connectivity index (χ2v) is 6.59. The lowest BCUT2D eigenvalue weighted by Gasteiger charge is -2.04. The summed E-state index contributed by atoms with van der Waals surface area (Å²) in [7, 11) is 2.80. The minimum Gasteiger partial charge on any atom is -0.272 e. The van der Waals surface area contributed by atoms with Crippen molar-refractivity contribution in [3.05, 3.63) is 55.1 Å². The van der Waals surface area contributed by atoms with E-state index in [0.717, 1.165) is 31.0 Å². The van der Waals surface area contributed by atoms with Gasteiger partial charge in [0, 0.05) is 18.6 Å². The molecule has 24 heavy (non-hydrogen) atoms. The summed E-state index contributed by atoms with van der Waals surface area (Å²) in [5.74, 6) is -0.427. The average molecular weight is 412 g/mol. The minimum atomic E-state index is -0.533. The third kappa shape index (κ3) is 4.65. The molecule has 1 aromatic carbocycles. The Morgan fingerprint density at radius 3 is 2.67 bits per heavy atom. The fraction of sp³-hybridized carbons (Fsp3) is 0.214. The molecule has 1 N–H and O–H groups in total. The first kappa shape index (κ1) is 18.1. The lowest BCUT2D eigenvalue weighted by Crippen LogP contribution is -2.39. The number of halogens is 1. The van der Waals surface area contributed by atoms with E-state index in [4.69, 9.17) is 0 Å². The number of nitrogens with zero attached hydrogens (tertiary/aromatic N) is 4. The second-order valence-electron chi connectivity index (χ2n) is 4.71. The van der Waals surface area contributed by atoms with E-state index in [1.165, 1.54) is 20.3 Å². The predicted molar refractivity (Wildman–Crippen MR) is 95.3 cm³/mol. The molecule has 2 rings (SSSR count). The lowest BCUT2D eigenvalue weighted by atomic mass is 10.2. The summed E-state index contributed by atoms with van der Waals surface area (Å²) in [5, 5.41) is 7.77. The molecule has 0 aliphatic heterocycles. The van der Waals surface area contributed by atoms with Gasteiger partial charge in [0.1, 0.15) is 0 Å². The van der Waals surface area contributed by atoms with Crippen LogP contribution in [0.25, 0.3) is 0 Å². The maximum atomic E-state index is 11.9. The number of nitrogens with one attached hydrogen (secondary N) is 1. The number of carbonyl (C=O) groups excluding carboxylic acids is 1. The van der Waals surface area contributed by atoms with Gasteiger partial charge in [-0.2, -0.15) is 10.2 Å². The Bertz CT molecular complexity index is 889. The van der Waals surface area contributed by atoms with Gasteiger partial charge in [0.15, 0.2) is 5.03 Å². The van der Waals surface area contributed by atoms with Crippen molar-refractivity contribution < 1.29 is 4.79 Å². The van der Waals surface area contributed by atoms with Gasteiger partial charge in [0.05, 0.1) is 12.0 Å². The molecular weight excluding hydrogens is 398 g/mol. The summed E-state index contributed by atoms with van der Waals surface area (Å²) in [6, 6.07) is 7.40. The SMILES string of the molecule is Cn1nc(SCC(=O)N/N=C\c2ccc(Br)cc2)c(=O)n(C)c1=O. The van der Waals surface area contributed by atoms with Crippen LogP contribution in [0.4, 0.5) is 0 Å². The highest BCUT2D eigenvalue weighted by molar-refractivity contribution is 9.10. The second kappa shape index (κ2) is 8.06. The highest BCUT2D eigenvalue weighted by atomic mass is 79.9. The molecule has 0 saturated heterocycles. The van der Waals surface area contributed by atoms with Crippen LogP contribution < -0.4 is 16.7 Å². The molecular formula is C14H14BrN5O3S. The predicted octanol–water partition coefficient (Wildman–Crippen LogP) is 0.484. The van der Waals surface area contributed by atoms with Crippen LogP contribution in [0, 0.1) is 0 Å². The maximum absolute atomic E-state index is 11.9. The van der Waals surface area contributed by atoms with Gasteiger partial charge in [0.25, 0.3) is 5.56 Å². The number of aromatic nitrogens is 3. The lowest BCUT2D eigenvalue weighted by molar-refractivity contribution is -0.118. The number of amides is 1. The van der Waals surface area contributed by atoms with Crippen molar-refractivity contribution in [2.75, 3.05) is 5.75 Å². The zero-order valence-electron chi connectivity index (χ0n) is 12.9. The highest BCUT2D eigenvalue weighted by Gasteiger charge is 2.11. The van der Waals surface area contributed by atoms with Gasteiger partial charge in [0.2, 0.25) is 5.91 Å². The first-order valence-corrected chi connectivity index (χ1v) is 8.51. The molecule has 0 bridgehead atoms. The van der Waals surface area contributed by atoms with Gasteiger partial charge in [-0.3, -0.25) is 14.2 Å². The van der Waals surface area contributed by atoms with Gasteiger partial charge >= 0.3 is 5.69 Å². The van der Waals surface area contributed by atoms with E-state index in [1.807, 2.05) is 24.3 Å².